The van der Waals surface area contributed by atoms with Crippen molar-refractivity contribution in [1.29, 1.82) is 0 Å². The highest BCUT2D eigenvalue weighted by molar-refractivity contribution is 4.96. The van der Waals surface area contributed by atoms with Gasteiger partial charge in [0.05, 0.1) is 0 Å². The molecule has 0 aromatic rings. The fourth-order valence-electron chi connectivity index (χ4n) is 0.346. The molecule has 2 nitrogen and oxygen atoms in total. The highest BCUT2D eigenvalue weighted by Gasteiger charge is 1.77. The van der Waals surface area contributed by atoms with Gasteiger partial charge >= 0.3 is 0 Å². The molecule has 0 amide bonds. The molecule has 0 aromatic heterocycles. The normalized spacial score (nSPS) is 12.0. The van der Waals surface area contributed by atoms with Gasteiger partial charge in [0.1, 0.15) is 0 Å². The molecule has 0 aromatic carbocycles. The Morgan fingerprint density at radius 1 is 1.71 bits per heavy atom. The van der Waals surface area contributed by atoms with Gasteiger partial charge in [-0.05, 0) is 6.42 Å². The van der Waals surface area contributed by atoms with Gasteiger partial charge in [-0.3, -0.25) is 0 Å². The van der Waals surface area contributed by atoms with Crippen molar-refractivity contribution >= 4 is 0 Å². The predicted octanol–water partition coefficient (Wildman–Crippen LogP) is 0.198. The van der Waals surface area contributed by atoms with Crippen molar-refractivity contribution in [3.05, 3.63) is 11.8 Å². The van der Waals surface area contributed by atoms with E-state index in [1.54, 1.807) is 0 Å². The van der Waals surface area contributed by atoms with Gasteiger partial charge in [0.25, 0.3) is 0 Å². The van der Waals surface area contributed by atoms with Gasteiger partial charge in [-0.25, -0.2) is 0 Å². The summed E-state index contributed by atoms with van der Waals surface area (Å²) in [6.07, 6.45) is 2.89. The lowest BCUT2D eigenvalue weighted by molar-refractivity contribution is 1.06. The van der Waals surface area contributed by atoms with Crippen LogP contribution in [0, 0.1) is 0 Å². The van der Waals surface area contributed by atoms with Crippen molar-refractivity contribution in [3.8, 4) is 0 Å². The van der Waals surface area contributed by atoms with Crippen LogP contribution in [-0.2, 0) is 0 Å². The first-order valence-corrected chi connectivity index (χ1v) is 2.45. The van der Waals surface area contributed by atoms with Gasteiger partial charge < -0.3 is 11.5 Å². The zero-order valence-corrected chi connectivity index (χ0v) is 4.65. The van der Waals surface area contributed by atoms with E-state index in [0.29, 0.717) is 6.54 Å². The summed E-state index contributed by atoms with van der Waals surface area (Å²) in [5.74, 6) is 0. The third kappa shape index (κ3) is 3.33. The van der Waals surface area contributed by atoms with Gasteiger partial charge in [-0.15, -0.1) is 0 Å². The van der Waals surface area contributed by atoms with E-state index in [1.807, 2.05) is 13.0 Å². The fourth-order valence-corrected chi connectivity index (χ4v) is 0.346. The molecule has 7 heavy (non-hydrogen) atoms. The number of rotatable bonds is 2. The lowest BCUT2D eigenvalue weighted by atomic mass is 10.3. The van der Waals surface area contributed by atoms with Crippen LogP contribution in [0.4, 0.5) is 0 Å². The van der Waals surface area contributed by atoms with E-state index in [2.05, 4.69) is 0 Å². The Kier molecular flexibility index (Phi) is 3.42. The summed E-state index contributed by atoms with van der Waals surface area (Å²) in [6, 6.07) is 0. The first kappa shape index (κ1) is 6.50. The van der Waals surface area contributed by atoms with E-state index in [0.717, 1.165) is 12.1 Å². The quantitative estimate of drug-likeness (QED) is 0.520. The molecule has 0 bridgehead atoms. The molecule has 0 aliphatic carbocycles. The van der Waals surface area contributed by atoms with Crippen LogP contribution in [0.15, 0.2) is 11.8 Å². The molecular weight excluding hydrogens is 88.1 g/mol. The SMILES string of the molecule is CC/C=C(\N)CN. The third-order valence-electron chi connectivity index (χ3n) is 0.702. The molecule has 0 fully saturated rings. The first-order chi connectivity index (χ1) is 3.31. The van der Waals surface area contributed by atoms with Gasteiger partial charge in [-0.1, -0.05) is 13.0 Å². The molecule has 42 valence electrons. The largest absolute Gasteiger partial charge is 0.401 e. The smallest absolute Gasteiger partial charge is 0.0323 e. The topological polar surface area (TPSA) is 52.0 Å². The zero-order chi connectivity index (χ0) is 5.70. The molecule has 0 unspecified atom stereocenters. The fraction of sp³-hybridized carbons (Fsp3) is 0.600. The summed E-state index contributed by atoms with van der Waals surface area (Å²) in [4.78, 5) is 0. The van der Waals surface area contributed by atoms with Crippen LogP contribution in [0.1, 0.15) is 13.3 Å². The van der Waals surface area contributed by atoms with Crippen LogP contribution >= 0.6 is 0 Å². The maximum atomic E-state index is 5.32. The van der Waals surface area contributed by atoms with Crippen LogP contribution in [0.5, 0.6) is 0 Å². The molecule has 0 atom stereocenters. The Labute approximate surface area is 44.2 Å². The lowest BCUT2D eigenvalue weighted by Gasteiger charge is -1.89. The molecule has 0 heterocycles. The van der Waals surface area contributed by atoms with E-state index in [1.165, 1.54) is 0 Å². The standard InChI is InChI=1S/C5H12N2/c1-2-3-5(7)4-6/h3H,2,4,6-7H2,1H3/b5-3-. The highest BCUT2D eigenvalue weighted by atomic mass is 14.7. The van der Waals surface area contributed by atoms with Gasteiger partial charge in [0.2, 0.25) is 0 Å². The van der Waals surface area contributed by atoms with Crippen LogP contribution in [0.25, 0.3) is 0 Å². The number of hydrogen-bond acceptors (Lipinski definition) is 2. The molecule has 2 heteroatoms. The maximum absolute atomic E-state index is 5.32. The molecule has 0 radical (unpaired) electrons. The molecule has 0 rings (SSSR count). The number of allylic oxidation sites excluding steroid dienone is 1. The van der Waals surface area contributed by atoms with Crippen molar-refractivity contribution in [3.63, 3.8) is 0 Å². The molecule has 0 aliphatic rings. The van der Waals surface area contributed by atoms with Crippen molar-refractivity contribution in [2.24, 2.45) is 11.5 Å². The van der Waals surface area contributed by atoms with Crippen molar-refractivity contribution in [2.45, 2.75) is 13.3 Å². The van der Waals surface area contributed by atoms with Crippen molar-refractivity contribution in [2.75, 3.05) is 6.54 Å². The van der Waals surface area contributed by atoms with Gasteiger partial charge in [0, 0.05) is 12.2 Å². The second kappa shape index (κ2) is 3.68. The predicted molar refractivity (Wildman–Crippen MR) is 31.6 cm³/mol. The Balaban J connectivity index is 3.29. The average molecular weight is 100 g/mol. The number of nitrogens with two attached hydrogens (primary N) is 2. The Bertz CT molecular complexity index is 66.5. The molecule has 4 N–H and O–H groups in total. The second-order valence-corrected chi connectivity index (χ2v) is 1.39. The van der Waals surface area contributed by atoms with E-state index in [4.69, 9.17) is 11.5 Å². The van der Waals surface area contributed by atoms with Crippen LogP contribution in [0.3, 0.4) is 0 Å². The maximum Gasteiger partial charge on any atom is 0.0323 e. The first-order valence-electron chi connectivity index (χ1n) is 2.45. The van der Waals surface area contributed by atoms with Gasteiger partial charge in [0.15, 0.2) is 0 Å². The summed E-state index contributed by atoms with van der Waals surface area (Å²) >= 11 is 0. The summed E-state index contributed by atoms with van der Waals surface area (Å²) in [7, 11) is 0. The Morgan fingerprint density at radius 2 is 2.29 bits per heavy atom. The van der Waals surface area contributed by atoms with Gasteiger partial charge in [-0.2, -0.15) is 0 Å². The third-order valence-corrected chi connectivity index (χ3v) is 0.702. The van der Waals surface area contributed by atoms with E-state index < -0.39 is 0 Å². The molecule has 0 saturated heterocycles. The van der Waals surface area contributed by atoms with Crippen molar-refractivity contribution in [1.82, 2.24) is 0 Å². The highest BCUT2D eigenvalue weighted by Crippen LogP contribution is 1.81. The summed E-state index contributed by atoms with van der Waals surface area (Å²) in [6.45, 7) is 2.51. The minimum absolute atomic E-state index is 0.480. The minimum atomic E-state index is 0.480. The number of hydrogen-bond donors (Lipinski definition) is 2. The van der Waals surface area contributed by atoms with Crippen LogP contribution in [0.2, 0.25) is 0 Å². The molecular formula is C5H12N2. The monoisotopic (exact) mass is 100 g/mol. The van der Waals surface area contributed by atoms with E-state index in [9.17, 15) is 0 Å². The molecule has 0 aliphatic heterocycles. The summed E-state index contributed by atoms with van der Waals surface area (Å²) in [5.41, 5.74) is 11.3. The Morgan fingerprint density at radius 3 is 2.43 bits per heavy atom. The van der Waals surface area contributed by atoms with Crippen LogP contribution in [-0.4, -0.2) is 6.54 Å². The van der Waals surface area contributed by atoms with E-state index in [-0.39, 0.29) is 0 Å². The average Bonchev–Trinajstić information content (AvgIpc) is 1.68. The zero-order valence-electron chi connectivity index (χ0n) is 4.65. The second-order valence-electron chi connectivity index (χ2n) is 1.39. The van der Waals surface area contributed by atoms with Crippen LogP contribution < -0.4 is 11.5 Å². The molecule has 0 spiro atoms. The Hall–Kier alpha value is -0.500. The summed E-state index contributed by atoms with van der Waals surface area (Å²) in [5, 5.41) is 0. The van der Waals surface area contributed by atoms with Crippen molar-refractivity contribution < 1.29 is 0 Å². The minimum Gasteiger partial charge on any atom is -0.401 e. The summed E-state index contributed by atoms with van der Waals surface area (Å²) < 4.78 is 0. The lowest BCUT2D eigenvalue weighted by Crippen LogP contribution is -2.10. The van der Waals surface area contributed by atoms with E-state index >= 15 is 0 Å². The molecule has 0 saturated carbocycles.